The third-order valence-electron chi connectivity index (χ3n) is 4.31. The van der Waals surface area contributed by atoms with Crippen molar-refractivity contribution in [3.05, 3.63) is 54.1 Å². The minimum atomic E-state index is -4.02. The summed E-state index contributed by atoms with van der Waals surface area (Å²) < 4.78 is 40.1. The first kappa shape index (κ1) is 31.4. The summed E-state index contributed by atoms with van der Waals surface area (Å²) in [5, 5.41) is 2.57. The van der Waals surface area contributed by atoms with Gasteiger partial charge in [-0.05, 0) is 76.4 Å². The number of amides is 1. The quantitative estimate of drug-likeness (QED) is 0.135. The molecule has 0 saturated carbocycles. The topological polar surface area (TPSA) is 183 Å². The number of nitrogens with one attached hydrogen (secondary N) is 1. The summed E-state index contributed by atoms with van der Waals surface area (Å²) in [5.41, 5.74) is 11.5. The number of esters is 1. The van der Waals surface area contributed by atoms with Gasteiger partial charge in [-0.15, -0.1) is 0 Å². The Balaban J connectivity index is 0.000000516. The summed E-state index contributed by atoms with van der Waals surface area (Å²) in [6.45, 7) is 11.0. The molecule has 1 amide bonds. The lowest BCUT2D eigenvalue weighted by Gasteiger charge is -2.23. The van der Waals surface area contributed by atoms with Crippen LogP contribution in [0.1, 0.15) is 46.6 Å². The van der Waals surface area contributed by atoms with Gasteiger partial charge in [0, 0.05) is 0 Å². The number of benzene rings is 2. The van der Waals surface area contributed by atoms with Crippen LogP contribution in [0.25, 0.3) is 0 Å². The number of nitrogens with two attached hydrogens (primary N) is 2. The normalized spacial score (nSPS) is 12.0. The van der Waals surface area contributed by atoms with E-state index in [4.69, 9.17) is 25.5 Å². The van der Waals surface area contributed by atoms with Crippen molar-refractivity contribution in [2.75, 3.05) is 0 Å². The maximum absolute atomic E-state index is 12.5. The summed E-state index contributed by atoms with van der Waals surface area (Å²) in [6, 6.07) is 11.5. The average Bonchev–Trinajstić information content (AvgIpc) is 2.72. The molecule has 0 fully saturated rings. The lowest BCUT2D eigenvalue weighted by atomic mass is 10.0. The summed E-state index contributed by atoms with van der Waals surface area (Å²) in [6.07, 6.45) is -0.243. The largest absolute Gasteiger partial charge is 0.444 e. The number of hydrogen-bond acceptors (Lipinski definition) is 7. The monoisotopic (exact) mass is 536 g/mol. The lowest BCUT2D eigenvalue weighted by molar-refractivity contribution is -0.137. The number of nitrogens with zero attached hydrogens (tertiary/aromatic N) is 1. The van der Waals surface area contributed by atoms with Crippen molar-refractivity contribution in [2.24, 2.45) is 22.4 Å². The van der Waals surface area contributed by atoms with E-state index in [1.165, 1.54) is 12.1 Å². The van der Waals surface area contributed by atoms with E-state index in [2.05, 4.69) is 10.3 Å². The Morgan fingerprint density at radius 2 is 1.57 bits per heavy atom. The number of aryl methyl sites for hydroxylation is 1. The van der Waals surface area contributed by atoms with Crippen LogP contribution in [-0.4, -0.2) is 42.6 Å². The van der Waals surface area contributed by atoms with E-state index < -0.39 is 33.8 Å². The Kier molecular flexibility index (Phi) is 11.5. The number of hydrogen-bond donors (Lipinski definition) is 4. The highest BCUT2D eigenvalue weighted by atomic mass is 32.2. The third kappa shape index (κ3) is 13.3. The number of ether oxygens (including phenoxy) is 2. The molecule has 204 valence electrons. The van der Waals surface area contributed by atoms with Gasteiger partial charge >= 0.3 is 12.1 Å². The van der Waals surface area contributed by atoms with Crippen molar-refractivity contribution in [2.45, 2.75) is 64.5 Å². The van der Waals surface area contributed by atoms with Crippen LogP contribution in [0, 0.1) is 12.8 Å². The summed E-state index contributed by atoms with van der Waals surface area (Å²) in [5.74, 6) is -0.136. The van der Waals surface area contributed by atoms with Gasteiger partial charge < -0.3 is 26.3 Å². The van der Waals surface area contributed by atoms with Gasteiger partial charge in [0.05, 0.1) is 10.6 Å². The SMILES string of the molecule is CC(C)C[C@H](NC(=O)OC(C)(C)C)C(=O)Oc1ccc(N=C(N)N)cc1.Cc1ccc(S(=O)(=O)O)cc1. The standard InChI is InChI=1S/C18H28N4O4.C7H8O3S/c1-11(2)10-14(22-17(24)26-18(3,4)5)15(23)25-13-8-6-12(7-9-13)21-16(19)20;1-6-2-4-7(5-3-6)11(8,9)10/h6-9,11,14H,10H2,1-5H3,(H,22,24)(H4,19,20,21);2-5H,1H3,(H,8,9,10)/t14-;/m0./s1. The maximum Gasteiger partial charge on any atom is 0.408 e. The Bertz CT molecular complexity index is 1170. The minimum Gasteiger partial charge on any atom is -0.444 e. The summed E-state index contributed by atoms with van der Waals surface area (Å²) in [4.78, 5) is 28.2. The smallest absolute Gasteiger partial charge is 0.408 e. The van der Waals surface area contributed by atoms with Crippen LogP contribution in [0.15, 0.2) is 58.4 Å². The number of guanidine groups is 1. The van der Waals surface area contributed by atoms with Crippen molar-refractivity contribution >= 4 is 33.8 Å². The molecule has 12 heteroatoms. The lowest BCUT2D eigenvalue weighted by Crippen LogP contribution is -2.45. The van der Waals surface area contributed by atoms with E-state index in [-0.39, 0.29) is 16.8 Å². The molecule has 1 atom stereocenters. The molecule has 0 spiro atoms. The summed E-state index contributed by atoms with van der Waals surface area (Å²) in [7, 11) is -4.02. The molecular weight excluding hydrogens is 500 g/mol. The number of alkyl carbamates (subject to hydrolysis) is 1. The van der Waals surface area contributed by atoms with Crippen LogP contribution in [0.5, 0.6) is 5.75 Å². The highest BCUT2D eigenvalue weighted by Gasteiger charge is 2.26. The Morgan fingerprint density at radius 1 is 1.03 bits per heavy atom. The molecule has 0 aliphatic rings. The number of carbonyl (C=O) groups is 2. The number of carbonyl (C=O) groups excluding carboxylic acids is 2. The van der Waals surface area contributed by atoms with Crippen molar-refractivity contribution < 1.29 is 32.0 Å². The molecule has 11 nitrogen and oxygen atoms in total. The van der Waals surface area contributed by atoms with Crippen LogP contribution < -0.4 is 21.5 Å². The molecule has 0 heterocycles. The molecule has 0 radical (unpaired) electrons. The zero-order valence-electron chi connectivity index (χ0n) is 21.9. The zero-order chi connectivity index (χ0) is 28.4. The van der Waals surface area contributed by atoms with Crippen LogP contribution in [0.3, 0.4) is 0 Å². The van der Waals surface area contributed by atoms with E-state index in [1.807, 2.05) is 20.8 Å². The Morgan fingerprint density at radius 3 is 2.00 bits per heavy atom. The predicted octanol–water partition coefficient (Wildman–Crippen LogP) is 3.68. The van der Waals surface area contributed by atoms with E-state index in [0.717, 1.165) is 5.56 Å². The molecule has 6 N–H and O–H groups in total. The fourth-order valence-corrected chi connectivity index (χ4v) is 3.25. The van der Waals surface area contributed by atoms with Gasteiger partial charge in [0.15, 0.2) is 5.96 Å². The zero-order valence-corrected chi connectivity index (χ0v) is 22.7. The van der Waals surface area contributed by atoms with Crippen molar-refractivity contribution in [3.8, 4) is 5.75 Å². The Hall–Kier alpha value is -3.64. The third-order valence-corrected chi connectivity index (χ3v) is 5.18. The molecule has 2 aromatic rings. The van der Waals surface area contributed by atoms with Crippen LogP contribution in [0.2, 0.25) is 0 Å². The van der Waals surface area contributed by atoms with Crippen LogP contribution in [0.4, 0.5) is 10.5 Å². The van der Waals surface area contributed by atoms with Gasteiger partial charge in [-0.25, -0.2) is 14.6 Å². The van der Waals surface area contributed by atoms with Crippen LogP contribution >= 0.6 is 0 Å². The summed E-state index contributed by atoms with van der Waals surface area (Å²) >= 11 is 0. The molecule has 0 unspecified atom stereocenters. The molecule has 0 saturated heterocycles. The van der Waals surface area contributed by atoms with E-state index in [0.29, 0.717) is 17.9 Å². The minimum absolute atomic E-state index is 0.0618. The molecule has 0 aliphatic carbocycles. The second kappa shape index (κ2) is 13.6. The maximum atomic E-state index is 12.5. The van der Waals surface area contributed by atoms with Crippen LogP contribution in [-0.2, 0) is 19.6 Å². The van der Waals surface area contributed by atoms with Crippen molar-refractivity contribution in [1.82, 2.24) is 5.32 Å². The molecule has 37 heavy (non-hydrogen) atoms. The predicted molar refractivity (Wildman–Crippen MR) is 141 cm³/mol. The van der Waals surface area contributed by atoms with Crippen molar-refractivity contribution in [1.29, 1.82) is 0 Å². The van der Waals surface area contributed by atoms with Gasteiger partial charge in [-0.1, -0.05) is 31.5 Å². The van der Waals surface area contributed by atoms with Gasteiger partial charge in [0.25, 0.3) is 10.1 Å². The fraction of sp³-hybridized carbons (Fsp3) is 0.400. The first-order valence-corrected chi connectivity index (χ1v) is 12.9. The molecular formula is C25H36N4O7S. The highest BCUT2D eigenvalue weighted by molar-refractivity contribution is 7.85. The van der Waals surface area contributed by atoms with Gasteiger partial charge in [-0.3, -0.25) is 4.55 Å². The Labute approximate surface area is 218 Å². The molecule has 0 bridgehead atoms. The van der Waals surface area contributed by atoms with Gasteiger partial charge in [-0.2, -0.15) is 8.42 Å². The fourth-order valence-electron chi connectivity index (χ4n) is 2.77. The van der Waals surface area contributed by atoms with E-state index >= 15 is 0 Å². The number of aliphatic imine (C=N–C) groups is 1. The van der Waals surface area contributed by atoms with E-state index in [1.54, 1.807) is 57.2 Å². The molecule has 2 rings (SSSR count). The molecule has 0 aliphatic heterocycles. The second-order valence-corrected chi connectivity index (χ2v) is 11.0. The van der Waals surface area contributed by atoms with E-state index in [9.17, 15) is 18.0 Å². The molecule has 0 aromatic heterocycles. The molecule has 2 aromatic carbocycles. The second-order valence-electron chi connectivity index (χ2n) is 9.57. The average molecular weight is 537 g/mol. The van der Waals surface area contributed by atoms with Crippen molar-refractivity contribution in [3.63, 3.8) is 0 Å². The van der Waals surface area contributed by atoms with Gasteiger partial charge in [0.1, 0.15) is 17.4 Å². The van der Waals surface area contributed by atoms with Gasteiger partial charge in [0.2, 0.25) is 0 Å². The number of rotatable bonds is 7. The first-order chi connectivity index (χ1) is 17.0. The first-order valence-electron chi connectivity index (χ1n) is 11.4. The highest BCUT2D eigenvalue weighted by Crippen LogP contribution is 2.19.